The molecule has 0 radical (unpaired) electrons. The second-order valence-corrected chi connectivity index (χ2v) is 5.37. The summed E-state index contributed by atoms with van der Waals surface area (Å²) in [6, 6.07) is 0.249. The van der Waals surface area contributed by atoms with Crippen LogP contribution < -0.4 is 11.1 Å². The van der Waals surface area contributed by atoms with Crippen molar-refractivity contribution in [1.29, 1.82) is 0 Å². The van der Waals surface area contributed by atoms with E-state index >= 15 is 0 Å². The van der Waals surface area contributed by atoms with Crippen LogP contribution in [0.15, 0.2) is 0 Å². The first-order valence-corrected chi connectivity index (χ1v) is 6.47. The molecule has 1 amide bonds. The van der Waals surface area contributed by atoms with Gasteiger partial charge < -0.3 is 15.8 Å². The lowest BCUT2D eigenvalue weighted by Gasteiger charge is -2.29. The predicted octanol–water partition coefficient (Wildman–Crippen LogP) is 1.82. The fourth-order valence-electron chi connectivity index (χ4n) is 1.80. The first kappa shape index (κ1) is 16.4. The highest BCUT2D eigenvalue weighted by Crippen LogP contribution is 2.14. The van der Waals surface area contributed by atoms with E-state index in [4.69, 9.17) is 10.5 Å². The molecule has 1 atom stereocenters. The van der Waals surface area contributed by atoms with Crippen LogP contribution in [0.1, 0.15) is 53.9 Å². The second-order valence-electron chi connectivity index (χ2n) is 5.37. The zero-order valence-corrected chi connectivity index (χ0v) is 11.9. The minimum absolute atomic E-state index is 0.249. The smallest absolute Gasteiger partial charge is 0.237 e. The van der Waals surface area contributed by atoms with Crippen LogP contribution >= 0.6 is 0 Å². The molecule has 0 saturated carbocycles. The molecule has 0 aliphatic heterocycles. The number of unbranched alkanes of at least 4 members (excludes halogenated alkanes) is 1. The van der Waals surface area contributed by atoms with E-state index in [9.17, 15) is 4.79 Å². The lowest BCUT2D eigenvalue weighted by Crippen LogP contribution is -2.55. The Balaban J connectivity index is 3.97. The van der Waals surface area contributed by atoms with Crippen LogP contribution in [0, 0.1) is 0 Å². The van der Waals surface area contributed by atoms with Crippen molar-refractivity contribution >= 4 is 5.91 Å². The molecule has 0 aromatic heterocycles. The van der Waals surface area contributed by atoms with Gasteiger partial charge in [-0.25, -0.2) is 0 Å². The molecule has 0 bridgehead atoms. The number of rotatable bonds is 9. The number of nitrogens with one attached hydrogen (secondary N) is 1. The Labute approximate surface area is 105 Å². The fraction of sp³-hybridized carbons (Fsp3) is 0.923. The van der Waals surface area contributed by atoms with E-state index in [1.165, 1.54) is 0 Å². The van der Waals surface area contributed by atoms with Gasteiger partial charge in [-0.3, -0.25) is 4.79 Å². The van der Waals surface area contributed by atoms with Gasteiger partial charge in [-0.1, -0.05) is 0 Å². The van der Waals surface area contributed by atoms with E-state index in [1.54, 1.807) is 0 Å². The first-order chi connectivity index (χ1) is 7.78. The third-order valence-electron chi connectivity index (χ3n) is 2.67. The lowest BCUT2D eigenvalue weighted by molar-refractivity contribution is -0.124. The molecule has 0 rings (SSSR count). The highest BCUT2D eigenvalue weighted by Gasteiger charge is 2.30. The van der Waals surface area contributed by atoms with Crippen molar-refractivity contribution in [3.63, 3.8) is 0 Å². The van der Waals surface area contributed by atoms with Crippen LogP contribution in [0.2, 0.25) is 0 Å². The van der Waals surface area contributed by atoms with E-state index in [0.717, 1.165) is 25.9 Å². The van der Waals surface area contributed by atoms with E-state index in [-0.39, 0.29) is 18.1 Å². The minimum atomic E-state index is -0.605. The zero-order chi connectivity index (χ0) is 13.5. The van der Waals surface area contributed by atoms with E-state index < -0.39 is 5.54 Å². The Kier molecular flexibility index (Phi) is 7.39. The molecule has 102 valence electrons. The third-order valence-corrected chi connectivity index (χ3v) is 2.67. The zero-order valence-electron chi connectivity index (χ0n) is 11.9. The van der Waals surface area contributed by atoms with Crippen molar-refractivity contribution in [3.05, 3.63) is 0 Å². The van der Waals surface area contributed by atoms with E-state index in [0.29, 0.717) is 0 Å². The van der Waals surface area contributed by atoms with Crippen LogP contribution in [-0.2, 0) is 9.53 Å². The standard InChI is InChI=1S/C13H28N2O2/c1-10(2)15-13(5,12(14)16)8-6-7-9-17-11(3)4/h10-11,15H,6-9H2,1-5H3,(H2,14,16). The summed E-state index contributed by atoms with van der Waals surface area (Å²) in [6.07, 6.45) is 2.92. The van der Waals surface area contributed by atoms with Crippen molar-refractivity contribution in [2.24, 2.45) is 5.73 Å². The summed E-state index contributed by atoms with van der Waals surface area (Å²) in [5.41, 5.74) is 4.84. The van der Waals surface area contributed by atoms with E-state index in [1.807, 2.05) is 34.6 Å². The number of ether oxygens (including phenoxy) is 1. The van der Waals surface area contributed by atoms with Gasteiger partial charge in [-0.15, -0.1) is 0 Å². The van der Waals surface area contributed by atoms with Crippen molar-refractivity contribution in [2.45, 2.75) is 71.6 Å². The highest BCUT2D eigenvalue weighted by atomic mass is 16.5. The largest absolute Gasteiger partial charge is 0.379 e. The maximum absolute atomic E-state index is 11.5. The molecule has 0 aromatic rings. The molecule has 0 fully saturated rings. The number of hydrogen-bond donors (Lipinski definition) is 2. The molecular weight excluding hydrogens is 216 g/mol. The normalized spacial score (nSPS) is 15.2. The molecular formula is C13H28N2O2. The summed E-state index contributed by atoms with van der Waals surface area (Å²) < 4.78 is 5.46. The van der Waals surface area contributed by atoms with Gasteiger partial charge in [0.25, 0.3) is 0 Å². The average Bonchev–Trinajstić information content (AvgIpc) is 2.15. The van der Waals surface area contributed by atoms with Crippen molar-refractivity contribution < 1.29 is 9.53 Å². The van der Waals surface area contributed by atoms with Gasteiger partial charge in [0.1, 0.15) is 0 Å². The number of carbonyl (C=O) groups excluding carboxylic acids is 1. The van der Waals surface area contributed by atoms with Crippen LogP contribution in [0.5, 0.6) is 0 Å². The molecule has 0 aliphatic rings. The van der Waals surface area contributed by atoms with Gasteiger partial charge >= 0.3 is 0 Å². The third kappa shape index (κ3) is 7.34. The summed E-state index contributed by atoms with van der Waals surface area (Å²) in [7, 11) is 0. The Bertz CT molecular complexity index is 229. The molecule has 1 unspecified atom stereocenters. The van der Waals surface area contributed by atoms with Crippen molar-refractivity contribution in [3.8, 4) is 0 Å². The van der Waals surface area contributed by atoms with E-state index in [2.05, 4.69) is 5.32 Å². The van der Waals surface area contributed by atoms with Gasteiger partial charge in [0.2, 0.25) is 5.91 Å². The molecule has 0 spiro atoms. The first-order valence-electron chi connectivity index (χ1n) is 6.47. The minimum Gasteiger partial charge on any atom is -0.379 e. The second kappa shape index (κ2) is 7.67. The van der Waals surface area contributed by atoms with Crippen molar-refractivity contribution in [1.82, 2.24) is 5.32 Å². The Morgan fingerprint density at radius 3 is 2.29 bits per heavy atom. The highest BCUT2D eigenvalue weighted by molar-refractivity contribution is 5.84. The molecule has 0 heterocycles. The van der Waals surface area contributed by atoms with Crippen LogP contribution in [0.4, 0.5) is 0 Å². The number of nitrogens with two attached hydrogens (primary N) is 1. The van der Waals surface area contributed by atoms with Gasteiger partial charge in [0.15, 0.2) is 0 Å². The maximum atomic E-state index is 11.5. The summed E-state index contributed by atoms with van der Waals surface area (Å²) >= 11 is 0. The maximum Gasteiger partial charge on any atom is 0.237 e. The monoisotopic (exact) mass is 244 g/mol. The summed E-state index contributed by atoms with van der Waals surface area (Å²) in [5.74, 6) is -0.282. The number of hydrogen-bond acceptors (Lipinski definition) is 3. The summed E-state index contributed by atoms with van der Waals surface area (Å²) in [4.78, 5) is 11.5. The fourth-order valence-corrected chi connectivity index (χ4v) is 1.80. The molecule has 17 heavy (non-hydrogen) atoms. The topological polar surface area (TPSA) is 64.3 Å². The molecule has 0 aliphatic carbocycles. The lowest BCUT2D eigenvalue weighted by atomic mass is 9.93. The number of primary amides is 1. The molecule has 0 aromatic carbocycles. The van der Waals surface area contributed by atoms with Crippen LogP contribution in [0.25, 0.3) is 0 Å². The van der Waals surface area contributed by atoms with Crippen molar-refractivity contribution in [2.75, 3.05) is 6.61 Å². The van der Waals surface area contributed by atoms with Crippen LogP contribution in [-0.4, -0.2) is 30.2 Å². The number of amides is 1. The molecule has 0 saturated heterocycles. The van der Waals surface area contributed by atoms with Gasteiger partial charge in [0, 0.05) is 12.6 Å². The van der Waals surface area contributed by atoms with Gasteiger partial charge in [0.05, 0.1) is 11.6 Å². The van der Waals surface area contributed by atoms with Gasteiger partial charge in [-0.2, -0.15) is 0 Å². The summed E-state index contributed by atoms with van der Waals surface area (Å²) in [5, 5.41) is 3.24. The molecule has 4 nitrogen and oxygen atoms in total. The Morgan fingerprint density at radius 1 is 1.29 bits per heavy atom. The Hall–Kier alpha value is -0.610. The SMILES string of the molecule is CC(C)NC(C)(CCCCOC(C)C)C(N)=O. The molecule has 3 N–H and O–H groups in total. The van der Waals surface area contributed by atoms with Gasteiger partial charge in [-0.05, 0) is 53.9 Å². The Morgan fingerprint density at radius 2 is 1.88 bits per heavy atom. The summed E-state index contributed by atoms with van der Waals surface area (Å²) in [6.45, 7) is 10.7. The quantitative estimate of drug-likeness (QED) is 0.608. The average molecular weight is 244 g/mol. The number of carbonyl (C=O) groups is 1. The van der Waals surface area contributed by atoms with Crippen LogP contribution in [0.3, 0.4) is 0 Å². The predicted molar refractivity (Wildman–Crippen MR) is 70.8 cm³/mol. The molecule has 4 heteroatoms.